The van der Waals surface area contributed by atoms with E-state index in [2.05, 4.69) is 5.32 Å². The molecule has 2 rings (SSSR count). The predicted octanol–water partition coefficient (Wildman–Crippen LogP) is 3.03. The van der Waals surface area contributed by atoms with Crippen LogP contribution in [0.3, 0.4) is 0 Å². The number of nitrogens with zero attached hydrogens (tertiary/aromatic N) is 1. The summed E-state index contributed by atoms with van der Waals surface area (Å²) in [7, 11) is 0. The third kappa shape index (κ3) is 5.84. The lowest BCUT2D eigenvalue weighted by atomic mass is 10.0. The lowest BCUT2D eigenvalue weighted by Gasteiger charge is -2.30. The molecule has 0 aliphatic carbocycles. The van der Waals surface area contributed by atoms with E-state index >= 15 is 0 Å². The van der Waals surface area contributed by atoms with Gasteiger partial charge in [-0.3, -0.25) is 9.69 Å². The Kier molecular flexibility index (Phi) is 7.56. The average molecular weight is 384 g/mol. The number of aliphatic carboxylic acids is 1. The van der Waals surface area contributed by atoms with Crippen LogP contribution in [0.1, 0.15) is 24.2 Å². The second kappa shape index (κ2) is 10.1. The Morgan fingerprint density at radius 1 is 1.00 bits per heavy atom. The molecule has 0 heterocycles. The first-order valence-corrected chi connectivity index (χ1v) is 8.99. The number of carbonyl (C=O) groups excluding carboxylic acids is 2. The minimum Gasteiger partial charge on any atom is -0.480 e. The molecule has 0 aliphatic rings. The minimum atomic E-state index is -1.13. The summed E-state index contributed by atoms with van der Waals surface area (Å²) in [5.74, 6) is -1.45. The second-order valence-electron chi connectivity index (χ2n) is 6.52. The van der Waals surface area contributed by atoms with E-state index in [0.717, 1.165) is 4.90 Å². The molecule has 0 saturated carbocycles. The molecule has 148 valence electrons. The number of benzene rings is 2. The predicted molar refractivity (Wildman–Crippen MR) is 104 cm³/mol. The molecule has 2 aromatic rings. The molecule has 0 aliphatic heterocycles. The minimum absolute atomic E-state index is 0.000608. The van der Waals surface area contributed by atoms with Crippen molar-refractivity contribution in [3.05, 3.63) is 66.2 Å². The van der Waals surface area contributed by atoms with Crippen molar-refractivity contribution in [2.24, 2.45) is 5.92 Å². The molecule has 0 radical (unpaired) electrons. The van der Waals surface area contributed by atoms with Gasteiger partial charge in [-0.15, -0.1) is 0 Å². The molecule has 0 saturated heterocycles. The quantitative estimate of drug-likeness (QED) is 0.729. The van der Waals surface area contributed by atoms with E-state index in [1.807, 2.05) is 0 Å². The van der Waals surface area contributed by atoms with Crippen LogP contribution in [0.4, 0.5) is 4.79 Å². The highest BCUT2D eigenvalue weighted by Crippen LogP contribution is 2.16. The molecule has 0 fully saturated rings. The fourth-order valence-corrected chi connectivity index (χ4v) is 2.75. The number of rotatable bonds is 8. The summed E-state index contributed by atoms with van der Waals surface area (Å²) in [4.78, 5) is 37.7. The van der Waals surface area contributed by atoms with Gasteiger partial charge in [-0.25, -0.2) is 9.59 Å². The molecule has 2 amide bonds. The fraction of sp³-hybridized carbons (Fsp3) is 0.286. The third-order valence-corrected chi connectivity index (χ3v) is 4.08. The van der Waals surface area contributed by atoms with Gasteiger partial charge in [0.1, 0.15) is 11.8 Å². The lowest BCUT2D eigenvalue weighted by molar-refractivity contribution is -0.144. The molecule has 7 nitrogen and oxygen atoms in total. The maximum Gasteiger partial charge on any atom is 0.416 e. The summed E-state index contributed by atoms with van der Waals surface area (Å²) in [6.07, 6.45) is -0.777. The number of para-hydroxylation sites is 1. The summed E-state index contributed by atoms with van der Waals surface area (Å²) >= 11 is 0. The molecule has 2 N–H and O–H groups in total. The zero-order valence-electron chi connectivity index (χ0n) is 15.9. The van der Waals surface area contributed by atoms with Crippen LogP contribution < -0.4 is 10.1 Å². The molecule has 2 aromatic carbocycles. The van der Waals surface area contributed by atoms with Gasteiger partial charge in [0.2, 0.25) is 0 Å². The van der Waals surface area contributed by atoms with Crippen molar-refractivity contribution in [2.45, 2.75) is 19.9 Å². The summed E-state index contributed by atoms with van der Waals surface area (Å²) < 4.78 is 5.31. The van der Waals surface area contributed by atoms with E-state index in [-0.39, 0.29) is 24.9 Å². The summed E-state index contributed by atoms with van der Waals surface area (Å²) in [5, 5.41) is 12.3. The first-order valence-electron chi connectivity index (χ1n) is 8.99. The number of carbonyl (C=O) groups is 3. The van der Waals surface area contributed by atoms with Crippen LogP contribution in [0, 0.1) is 5.92 Å². The van der Waals surface area contributed by atoms with Crippen LogP contribution in [0.15, 0.2) is 60.7 Å². The number of carboxylic acid groups (broad SMARTS) is 1. The van der Waals surface area contributed by atoms with Crippen molar-refractivity contribution in [3.8, 4) is 5.75 Å². The molecule has 1 unspecified atom stereocenters. The average Bonchev–Trinajstić information content (AvgIpc) is 2.67. The first kappa shape index (κ1) is 21.0. The highest BCUT2D eigenvalue weighted by Gasteiger charge is 2.33. The topological polar surface area (TPSA) is 95.9 Å². The van der Waals surface area contributed by atoms with E-state index in [9.17, 15) is 19.5 Å². The highest BCUT2D eigenvalue weighted by atomic mass is 16.6. The number of hydrogen-bond acceptors (Lipinski definition) is 4. The SMILES string of the molecule is CC(C)C(C(=O)O)N(CCNC(=O)c1ccccc1)C(=O)Oc1ccccc1. The Morgan fingerprint density at radius 2 is 1.57 bits per heavy atom. The molecule has 0 spiro atoms. The number of amides is 2. The smallest absolute Gasteiger partial charge is 0.416 e. The van der Waals surface area contributed by atoms with Crippen molar-refractivity contribution in [1.29, 1.82) is 0 Å². The zero-order valence-corrected chi connectivity index (χ0v) is 15.9. The molecule has 1 atom stereocenters. The van der Waals surface area contributed by atoms with Gasteiger partial charge in [-0.2, -0.15) is 0 Å². The van der Waals surface area contributed by atoms with Crippen molar-refractivity contribution in [1.82, 2.24) is 10.2 Å². The fourth-order valence-electron chi connectivity index (χ4n) is 2.75. The summed E-state index contributed by atoms with van der Waals surface area (Å²) in [5.41, 5.74) is 0.486. The van der Waals surface area contributed by atoms with Crippen LogP contribution >= 0.6 is 0 Å². The molecular formula is C21H24N2O5. The van der Waals surface area contributed by atoms with Crippen molar-refractivity contribution in [3.63, 3.8) is 0 Å². The van der Waals surface area contributed by atoms with Crippen LogP contribution in [-0.2, 0) is 4.79 Å². The Balaban J connectivity index is 2.08. The van der Waals surface area contributed by atoms with Crippen LogP contribution in [0.2, 0.25) is 0 Å². The van der Waals surface area contributed by atoms with Gasteiger partial charge in [0.05, 0.1) is 0 Å². The van der Waals surface area contributed by atoms with E-state index in [1.165, 1.54) is 0 Å². The van der Waals surface area contributed by atoms with Crippen LogP contribution in [-0.4, -0.2) is 47.1 Å². The van der Waals surface area contributed by atoms with Gasteiger partial charge in [0, 0.05) is 18.7 Å². The zero-order chi connectivity index (χ0) is 20.5. The highest BCUT2D eigenvalue weighted by molar-refractivity contribution is 5.94. The van der Waals surface area contributed by atoms with Crippen molar-refractivity contribution >= 4 is 18.0 Å². The van der Waals surface area contributed by atoms with Crippen LogP contribution in [0.25, 0.3) is 0 Å². The lowest BCUT2D eigenvalue weighted by Crippen LogP contribution is -2.51. The maximum atomic E-state index is 12.6. The largest absolute Gasteiger partial charge is 0.480 e. The number of nitrogens with one attached hydrogen (secondary N) is 1. The number of carboxylic acids is 1. The summed E-state index contributed by atoms with van der Waals surface area (Å²) in [6, 6.07) is 16.0. The maximum absolute atomic E-state index is 12.6. The van der Waals surface area contributed by atoms with Gasteiger partial charge >= 0.3 is 12.1 Å². The van der Waals surface area contributed by atoms with Crippen LogP contribution in [0.5, 0.6) is 5.75 Å². The Bertz CT molecular complexity index is 793. The Morgan fingerprint density at radius 3 is 2.11 bits per heavy atom. The van der Waals surface area contributed by atoms with Gasteiger partial charge in [-0.05, 0) is 30.2 Å². The Labute approximate surface area is 163 Å². The normalized spacial score (nSPS) is 11.5. The second-order valence-corrected chi connectivity index (χ2v) is 6.52. The van der Waals surface area contributed by atoms with Crippen molar-refractivity contribution < 1.29 is 24.2 Å². The van der Waals surface area contributed by atoms with E-state index in [0.29, 0.717) is 11.3 Å². The molecule has 0 aromatic heterocycles. The summed E-state index contributed by atoms with van der Waals surface area (Å²) in [6.45, 7) is 3.52. The molecule has 0 bridgehead atoms. The monoisotopic (exact) mass is 384 g/mol. The Hall–Kier alpha value is -3.35. The van der Waals surface area contributed by atoms with Gasteiger partial charge < -0.3 is 15.2 Å². The molecule has 28 heavy (non-hydrogen) atoms. The van der Waals surface area contributed by atoms with E-state index in [1.54, 1.807) is 74.5 Å². The van der Waals surface area contributed by atoms with Gasteiger partial charge in [0.15, 0.2) is 0 Å². The number of hydrogen-bond donors (Lipinski definition) is 2. The molecule has 7 heteroatoms. The van der Waals surface area contributed by atoms with Gasteiger partial charge in [0.25, 0.3) is 5.91 Å². The van der Waals surface area contributed by atoms with E-state index < -0.39 is 18.1 Å². The molecular weight excluding hydrogens is 360 g/mol. The van der Waals surface area contributed by atoms with Crippen molar-refractivity contribution in [2.75, 3.05) is 13.1 Å². The third-order valence-electron chi connectivity index (χ3n) is 4.08. The number of ether oxygens (including phenoxy) is 1. The first-order chi connectivity index (χ1) is 13.4. The standard InChI is InChI=1S/C21H24N2O5/c1-15(2)18(20(25)26)23(21(27)28-17-11-7-4-8-12-17)14-13-22-19(24)16-9-5-3-6-10-16/h3-12,15,18H,13-14H2,1-2H3,(H,22,24)(H,25,26). The van der Waals surface area contributed by atoms with Gasteiger partial charge in [-0.1, -0.05) is 50.2 Å². The van der Waals surface area contributed by atoms with E-state index in [4.69, 9.17) is 4.74 Å².